The standard InChI is InChI=1S/C16H24N6O/c1-20-9-10-22(8-6-13-5-7-17-21(13)2)11-14(20)16-18-15(19-23-16)12-3-4-12/h5,7,12,14H,3-4,6,8-11H2,1-2H3/t14-/m0/s1. The molecule has 0 spiro atoms. The third kappa shape index (κ3) is 3.16. The topological polar surface area (TPSA) is 63.2 Å². The van der Waals surface area contributed by atoms with Crippen LogP contribution in [0.15, 0.2) is 16.8 Å². The molecule has 7 heteroatoms. The van der Waals surface area contributed by atoms with Gasteiger partial charge < -0.3 is 4.52 Å². The third-order valence-electron chi connectivity index (χ3n) is 5.02. The predicted octanol–water partition coefficient (Wildman–Crippen LogP) is 1.21. The lowest BCUT2D eigenvalue weighted by atomic mass is 10.1. The molecular formula is C16H24N6O. The van der Waals surface area contributed by atoms with Crippen molar-refractivity contribution in [1.29, 1.82) is 0 Å². The van der Waals surface area contributed by atoms with Crippen LogP contribution in [0.25, 0.3) is 0 Å². The van der Waals surface area contributed by atoms with E-state index in [-0.39, 0.29) is 6.04 Å². The van der Waals surface area contributed by atoms with Crippen molar-refractivity contribution in [2.75, 3.05) is 33.2 Å². The lowest BCUT2D eigenvalue weighted by Gasteiger charge is -2.37. The van der Waals surface area contributed by atoms with Crippen molar-refractivity contribution in [3.63, 3.8) is 0 Å². The second kappa shape index (κ2) is 6.05. The Kier molecular flexibility index (Phi) is 3.90. The van der Waals surface area contributed by atoms with E-state index < -0.39 is 0 Å². The Morgan fingerprint density at radius 3 is 2.87 bits per heavy atom. The van der Waals surface area contributed by atoms with Gasteiger partial charge in [0.25, 0.3) is 0 Å². The Morgan fingerprint density at radius 2 is 2.13 bits per heavy atom. The Hall–Kier alpha value is -1.73. The van der Waals surface area contributed by atoms with Gasteiger partial charge in [0, 0.05) is 57.5 Å². The molecule has 0 aromatic carbocycles. The minimum atomic E-state index is 0.204. The van der Waals surface area contributed by atoms with Crippen molar-refractivity contribution in [3.05, 3.63) is 29.7 Å². The third-order valence-corrected chi connectivity index (χ3v) is 5.02. The first-order chi connectivity index (χ1) is 11.2. The zero-order valence-electron chi connectivity index (χ0n) is 13.9. The largest absolute Gasteiger partial charge is 0.338 e. The second-order valence-corrected chi connectivity index (χ2v) is 6.76. The smallest absolute Gasteiger partial charge is 0.245 e. The van der Waals surface area contributed by atoms with Crippen molar-refractivity contribution in [1.82, 2.24) is 29.7 Å². The minimum Gasteiger partial charge on any atom is -0.338 e. The van der Waals surface area contributed by atoms with Crippen molar-refractivity contribution in [2.45, 2.75) is 31.2 Å². The van der Waals surface area contributed by atoms with Gasteiger partial charge in [-0.25, -0.2) is 0 Å². The summed E-state index contributed by atoms with van der Waals surface area (Å²) in [6.45, 7) is 4.08. The lowest BCUT2D eigenvalue weighted by molar-refractivity contribution is 0.0764. The highest BCUT2D eigenvalue weighted by atomic mass is 16.5. The molecule has 2 fully saturated rings. The number of piperazine rings is 1. The maximum absolute atomic E-state index is 5.55. The van der Waals surface area contributed by atoms with Gasteiger partial charge in [0.15, 0.2) is 5.82 Å². The van der Waals surface area contributed by atoms with E-state index in [1.807, 2.05) is 17.9 Å². The van der Waals surface area contributed by atoms with Crippen LogP contribution in [0, 0.1) is 0 Å². The number of rotatable bonds is 5. The molecule has 1 aliphatic carbocycles. The second-order valence-electron chi connectivity index (χ2n) is 6.76. The molecule has 1 saturated heterocycles. The number of hydrogen-bond acceptors (Lipinski definition) is 6. The maximum atomic E-state index is 5.55. The molecule has 23 heavy (non-hydrogen) atoms. The van der Waals surface area contributed by atoms with Gasteiger partial charge in [-0.1, -0.05) is 5.16 Å². The van der Waals surface area contributed by atoms with Crippen LogP contribution in [0.2, 0.25) is 0 Å². The predicted molar refractivity (Wildman–Crippen MR) is 85.0 cm³/mol. The number of nitrogens with zero attached hydrogens (tertiary/aromatic N) is 6. The molecule has 0 N–H and O–H groups in total. The molecule has 0 radical (unpaired) electrons. The van der Waals surface area contributed by atoms with Crippen LogP contribution in [0.1, 0.15) is 42.2 Å². The highest BCUT2D eigenvalue weighted by molar-refractivity contribution is 5.06. The van der Waals surface area contributed by atoms with Gasteiger partial charge in [-0.2, -0.15) is 10.1 Å². The summed E-state index contributed by atoms with van der Waals surface area (Å²) in [5.74, 6) is 2.22. The minimum absolute atomic E-state index is 0.204. The average molecular weight is 316 g/mol. The molecule has 124 valence electrons. The van der Waals surface area contributed by atoms with Gasteiger partial charge in [0.2, 0.25) is 5.89 Å². The number of hydrogen-bond donors (Lipinski definition) is 0. The molecule has 2 aliphatic rings. The van der Waals surface area contributed by atoms with Crippen molar-refractivity contribution in [2.24, 2.45) is 7.05 Å². The summed E-state index contributed by atoms with van der Waals surface area (Å²) in [6.07, 6.45) is 5.29. The van der Waals surface area contributed by atoms with Gasteiger partial charge in [-0.05, 0) is 26.0 Å². The molecule has 0 amide bonds. The molecule has 2 aromatic heterocycles. The molecule has 0 bridgehead atoms. The summed E-state index contributed by atoms with van der Waals surface area (Å²) in [5, 5.41) is 8.40. The van der Waals surface area contributed by atoms with E-state index >= 15 is 0 Å². The number of aromatic nitrogens is 4. The van der Waals surface area contributed by atoms with E-state index in [0.717, 1.165) is 44.3 Å². The first kappa shape index (κ1) is 14.8. The van der Waals surface area contributed by atoms with E-state index in [2.05, 4.69) is 38.2 Å². The fourth-order valence-corrected chi connectivity index (χ4v) is 3.21. The first-order valence-corrected chi connectivity index (χ1v) is 8.43. The first-order valence-electron chi connectivity index (χ1n) is 8.43. The summed E-state index contributed by atoms with van der Waals surface area (Å²) in [6, 6.07) is 2.29. The molecule has 3 heterocycles. The van der Waals surface area contributed by atoms with Crippen LogP contribution in [0.5, 0.6) is 0 Å². The van der Waals surface area contributed by atoms with Crippen molar-refractivity contribution in [3.8, 4) is 0 Å². The zero-order valence-corrected chi connectivity index (χ0v) is 13.9. The summed E-state index contributed by atoms with van der Waals surface area (Å²) in [4.78, 5) is 9.45. The monoisotopic (exact) mass is 316 g/mol. The van der Waals surface area contributed by atoms with E-state index in [0.29, 0.717) is 5.92 Å². The Balaban J connectivity index is 1.39. The van der Waals surface area contributed by atoms with Gasteiger partial charge in [0.1, 0.15) is 6.04 Å². The average Bonchev–Trinajstić information content (AvgIpc) is 3.14. The molecular weight excluding hydrogens is 292 g/mol. The molecule has 1 atom stereocenters. The van der Waals surface area contributed by atoms with Gasteiger partial charge >= 0.3 is 0 Å². The van der Waals surface area contributed by atoms with E-state index in [1.165, 1.54) is 18.5 Å². The fraction of sp³-hybridized carbons (Fsp3) is 0.688. The molecule has 1 aliphatic heterocycles. The van der Waals surface area contributed by atoms with Gasteiger partial charge in [-0.15, -0.1) is 0 Å². The molecule has 4 rings (SSSR count). The Morgan fingerprint density at radius 1 is 1.26 bits per heavy atom. The van der Waals surface area contributed by atoms with Crippen LogP contribution < -0.4 is 0 Å². The Labute approximate surface area is 136 Å². The number of aryl methyl sites for hydroxylation is 1. The molecule has 1 saturated carbocycles. The van der Waals surface area contributed by atoms with Crippen LogP contribution in [-0.4, -0.2) is 62.9 Å². The van der Waals surface area contributed by atoms with E-state index in [4.69, 9.17) is 4.52 Å². The van der Waals surface area contributed by atoms with Crippen LogP contribution in [-0.2, 0) is 13.5 Å². The zero-order chi connectivity index (χ0) is 15.8. The van der Waals surface area contributed by atoms with E-state index in [9.17, 15) is 0 Å². The quantitative estimate of drug-likeness (QED) is 0.826. The summed E-state index contributed by atoms with van der Waals surface area (Å²) >= 11 is 0. The fourth-order valence-electron chi connectivity index (χ4n) is 3.21. The lowest BCUT2D eigenvalue weighted by Crippen LogP contribution is -2.47. The summed E-state index contributed by atoms with van der Waals surface area (Å²) in [5.41, 5.74) is 1.27. The van der Waals surface area contributed by atoms with Crippen LogP contribution in [0.4, 0.5) is 0 Å². The van der Waals surface area contributed by atoms with Crippen molar-refractivity contribution < 1.29 is 4.52 Å². The van der Waals surface area contributed by atoms with Crippen LogP contribution in [0.3, 0.4) is 0 Å². The van der Waals surface area contributed by atoms with Crippen molar-refractivity contribution >= 4 is 0 Å². The summed E-state index contributed by atoms with van der Waals surface area (Å²) in [7, 11) is 4.14. The van der Waals surface area contributed by atoms with E-state index in [1.54, 1.807) is 0 Å². The molecule has 2 aromatic rings. The highest BCUT2D eigenvalue weighted by Crippen LogP contribution is 2.38. The summed E-state index contributed by atoms with van der Waals surface area (Å²) < 4.78 is 7.50. The maximum Gasteiger partial charge on any atom is 0.245 e. The van der Waals surface area contributed by atoms with Gasteiger partial charge in [-0.3, -0.25) is 14.5 Å². The number of likely N-dealkylation sites (N-methyl/N-ethyl adjacent to an activating group) is 1. The normalized spacial score (nSPS) is 23.5. The Bertz CT molecular complexity index is 661. The highest BCUT2D eigenvalue weighted by Gasteiger charge is 2.33. The van der Waals surface area contributed by atoms with Gasteiger partial charge in [0.05, 0.1) is 0 Å². The molecule has 0 unspecified atom stereocenters. The SMILES string of the molecule is CN1CCN(CCc2ccnn2C)C[C@H]1c1nc(C2CC2)no1. The van der Waals surface area contributed by atoms with Crippen LogP contribution >= 0.6 is 0 Å². The molecule has 7 nitrogen and oxygen atoms in total.